The lowest BCUT2D eigenvalue weighted by atomic mass is 10.1. The second-order valence-corrected chi connectivity index (χ2v) is 3.44. The molecule has 0 aliphatic rings. The highest BCUT2D eigenvalue weighted by Crippen LogP contribution is 2.01. The summed E-state index contributed by atoms with van der Waals surface area (Å²) in [6.45, 7) is 2.33. The summed E-state index contributed by atoms with van der Waals surface area (Å²) in [6.07, 6.45) is 6.90. The molecule has 0 aliphatic carbocycles. The quantitative estimate of drug-likeness (QED) is 0.447. The number of carbonyl (C=O) groups is 2. The number of hydrogen-bond donors (Lipinski definition) is 3. The molecule has 16 heavy (non-hydrogen) atoms. The van der Waals surface area contributed by atoms with Crippen molar-refractivity contribution in [2.45, 2.75) is 38.6 Å². The molecule has 0 radical (unpaired) electrons. The number of aliphatic carboxylic acids is 1. The molecule has 0 aromatic heterocycles. The first-order valence-electron chi connectivity index (χ1n) is 5.29. The molecule has 90 valence electrons. The summed E-state index contributed by atoms with van der Waals surface area (Å²) in [6, 6.07) is -0.691. The Morgan fingerprint density at radius 1 is 1.50 bits per heavy atom. The van der Waals surface area contributed by atoms with Crippen molar-refractivity contribution in [2.75, 3.05) is 6.54 Å². The van der Waals surface area contributed by atoms with Gasteiger partial charge in [0.1, 0.15) is 0 Å². The van der Waals surface area contributed by atoms with Crippen molar-refractivity contribution < 1.29 is 14.7 Å². The number of amides is 2. The largest absolute Gasteiger partial charge is 0.481 e. The van der Waals surface area contributed by atoms with Crippen molar-refractivity contribution in [1.82, 2.24) is 10.6 Å². The average molecular weight is 226 g/mol. The van der Waals surface area contributed by atoms with E-state index in [1.807, 2.05) is 6.92 Å². The van der Waals surface area contributed by atoms with Gasteiger partial charge in [-0.1, -0.05) is 13.3 Å². The maximum atomic E-state index is 11.3. The van der Waals surface area contributed by atoms with Gasteiger partial charge in [0.2, 0.25) is 0 Å². The van der Waals surface area contributed by atoms with Crippen LogP contribution in [0.4, 0.5) is 4.79 Å². The fourth-order valence-electron chi connectivity index (χ4n) is 1.27. The van der Waals surface area contributed by atoms with Crippen LogP contribution < -0.4 is 10.6 Å². The van der Waals surface area contributed by atoms with Gasteiger partial charge in [0, 0.05) is 19.0 Å². The lowest BCUT2D eigenvalue weighted by Gasteiger charge is -2.16. The fourth-order valence-corrected chi connectivity index (χ4v) is 1.27. The van der Waals surface area contributed by atoms with Crippen LogP contribution in [0.5, 0.6) is 0 Å². The van der Waals surface area contributed by atoms with Crippen LogP contribution in [0.3, 0.4) is 0 Å². The normalized spacial score (nSPS) is 11.2. The molecule has 1 unspecified atom stereocenters. The Bertz CT molecular complexity index is 271. The molecule has 3 N–H and O–H groups in total. The van der Waals surface area contributed by atoms with Gasteiger partial charge in [-0.15, -0.1) is 12.3 Å². The van der Waals surface area contributed by atoms with E-state index in [4.69, 9.17) is 11.5 Å². The van der Waals surface area contributed by atoms with Crippen molar-refractivity contribution in [3.63, 3.8) is 0 Å². The number of carbonyl (C=O) groups excluding carboxylic acids is 1. The summed E-state index contributed by atoms with van der Waals surface area (Å²) in [7, 11) is 0. The van der Waals surface area contributed by atoms with Gasteiger partial charge in [-0.2, -0.15) is 0 Å². The van der Waals surface area contributed by atoms with Crippen molar-refractivity contribution in [3.05, 3.63) is 0 Å². The van der Waals surface area contributed by atoms with Crippen LogP contribution in [0.15, 0.2) is 0 Å². The van der Waals surface area contributed by atoms with E-state index in [0.717, 1.165) is 6.42 Å². The van der Waals surface area contributed by atoms with Crippen LogP contribution >= 0.6 is 0 Å². The summed E-state index contributed by atoms with van der Waals surface area (Å²) in [5.41, 5.74) is 0. The average Bonchev–Trinajstić information content (AvgIpc) is 2.17. The molecule has 0 aliphatic heterocycles. The van der Waals surface area contributed by atoms with Crippen LogP contribution in [0.25, 0.3) is 0 Å². The van der Waals surface area contributed by atoms with Crippen molar-refractivity contribution >= 4 is 12.0 Å². The third kappa shape index (κ3) is 7.68. The van der Waals surface area contributed by atoms with E-state index >= 15 is 0 Å². The molecule has 2 amide bonds. The van der Waals surface area contributed by atoms with E-state index in [1.165, 1.54) is 0 Å². The number of terminal acetylenes is 1. The predicted octanol–water partition coefficient (Wildman–Crippen LogP) is 0.952. The number of hydrogen-bond acceptors (Lipinski definition) is 2. The monoisotopic (exact) mass is 226 g/mol. The molecule has 0 saturated heterocycles. The van der Waals surface area contributed by atoms with Crippen LogP contribution in [0.1, 0.15) is 32.6 Å². The maximum absolute atomic E-state index is 11.3. The molecule has 0 spiro atoms. The highest BCUT2D eigenvalue weighted by atomic mass is 16.4. The van der Waals surface area contributed by atoms with Gasteiger partial charge in [0.05, 0.1) is 6.42 Å². The van der Waals surface area contributed by atoms with Gasteiger partial charge in [-0.3, -0.25) is 4.79 Å². The van der Waals surface area contributed by atoms with E-state index in [1.54, 1.807) is 0 Å². The maximum Gasteiger partial charge on any atom is 0.315 e. The molecule has 0 aromatic carbocycles. The Morgan fingerprint density at radius 2 is 2.19 bits per heavy atom. The smallest absolute Gasteiger partial charge is 0.315 e. The highest BCUT2D eigenvalue weighted by Gasteiger charge is 2.14. The molecule has 0 heterocycles. The molecule has 5 heteroatoms. The second kappa shape index (κ2) is 8.60. The topological polar surface area (TPSA) is 78.4 Å². The number of carboxylic acid groups (broad SMARTS) is 1. The minimum Gasteiger partial charge on any atom is -0.481 e. The fraction of sp³-hybridized carbons (Fsp3) is 0.636. The van der Waals surface area contributed by atoms with E-state index in [-0.39, 0.29) is 18.5 Å². The van der Waals surface area contributed by atoms with Gasteiger partial charge >= 0.3 is 12.0 Å². The summed E-state index contributed by atoms with van der Waals surface area (Å²) < 4.78 is 0. The summed E-state index contributed by atoms with van der Waals surface area (Å²) >= 11 is 0. The molecule has 0 bridgehead atoms. The zero-order chi connectivity index (χ0) is 12.4. The van der Waals surface area contributed by atoms with Crippen LogP contribution in [-0.4, -0.2) is 29.7 Å². The predicted molar refractivity (Wildman–Crippen MR) is 60.9 cm³/mol. The molecule has 0 aromatic rings. The first-order chi connectivity index (χ1) is 7.60. The molecular weight excluding hydrogens is 208 g/mol. The Morgan fingerprint density at radius 3 is 2.69 bits per heavy atom. The van der Waals surface area contributed by atoms with Crippen LogP contribution in [0, 0.1) is 12.3 Å². The molecule has 0 saturated carbocycles. The first kappa shape index (κ1) is 14.3. The zero-order valence-corrected chi connectivity index (χ0v) is 9.45. The molecule has 1 atom stereocenters. The van der Waals surface area contributed by atoms with E-state index in [9.17, 15) is 9.59 Å². The van der Waals surface area contributed by atoms with Crippen molar-refractivity contribution in [1.29, 1.82) is 0 Å². The number of nitrogens with one attached hydrogen (secondary N) is 2. The lowest BCUT2D eigenvalue weighted by Crippen LogP contribution is -2.43. The lowest BCUT2D eigenvalue weighted by molar-refractivity contribution is -0.137. The van der Waals surface area contributed by atoms with Crippen LogP contribution in [0.2, 0.25) is 0 Å². The highest BCUT2D eigenvalue weighted by molar-refractivity contribution is 5.75. The van der Waals surface area contributed by atoms with Crippen LogP contribution in [-0.2, 0) is 4.79 Å². The Balaban J connectivity index is 3.93. The van der Waals surface area contributed by atoms with Gasteiger partial charge < -0.3 is 15.7 Å². The third-order valence-electron chi connectivity index (χ3n) is 1.95. The standard InChI is InChI=1S/C11H18N2O3/c1-3-5-7-12-11(16)13-9(6-4-2)8-10(14)15/h1,9H,4-8H2,2H3,(H,14,15)(H2,12,13,16). The van der Waals surface area contributed by atoms with E-state index < -0.39 is 5.97 Å². The zero-order valence-electron chi connectivity index (χ0n) is 9.45. The third-order valence-corrected chi connectivity index (χ3v) is 1.95. The first-order valence-corrected chi connectivity index (χ1v) is 5.29. The Labute approximate surface area is 95.6 Å². The van der Waals surface area contributed by atoms with Gasteiger partial charge in [0.15, 0.2) is 0 Å². The van der Waals surface area contributed by atoms with Crippen molar-refractivity contribution in [2.24, 2.45) is 0 Å². The van der Waals surface area contributed by atoms with Crippen molar-refractivity contribution in [3.8, 4) is 12.3 Å². The van der Waals surface area contributed by atoms with E-state index in [2.05, 4.69) is 16.6 Å². The number of rotatable bonds is 7. The Hall–Kier alpha value is -1.70. The SMILES string of the molecule is C#CCCNC(=O)NC(CCC)CC(=O)O. The number of urea groups is 1. The van der Waals surface area contributed by atoms with Gasteiger partial charge in [-0.05, 0) is 6.42 Å². The molecule has 5 nitrogen and oxygen atoms in total. The summed E-state index contributed by atoms with van der Waals surface area (Å²) in [4.78, 5) is 21.8. The second-order valence-electron chi connectivity index (χ2n) is 3.44. The molecule has 0 fully saturated rings. The van der Waals surface area contributed by atoms with Gasteiger partial charge in [0.25, 0.3) is 0 Å². The minimum absolute atomic E-state index is 0.0591. The summed E-state index contributed by atoms with van der Waals surface area (Å²) in [5, 5.41) is 13.8. The molecular formula is C11H18N2O3. The number of carboxylic acids is 1. The van der Waals surface area contributed by atoms with E-state index in [0.29, 0.717) is 19.4 Å². The molecule has 0 rings (SSSR count). The summed E-state index contributed by atoms with van der Waals surface area (Å²) in [5.74, 6) is 1.48. The van der Waals surface area contributed by atoms with Gasteiger partial charge in [-0.25, -0.2) is 4.79 Å². The minimum atomic E-state index is -0.914. The Kier molecular flexibility index (Phi) is 7.68.